The lowest BCUT2D eigenvalue weighted by Gasteiger charge is -2.27. The Morgan fingerprint density at radius 3 is 2.62 bits per heavy atom. The lowest BCUT2D eigenvalue weighted by Crippen LogP contribution is -2.36. The van der Waals surface area contributed by atoms with Crippen molar-refractivity contribution < 1.29 is 0 Å². The van der Waals surface area contributed by atoms with E-state index in [0.29, 0.717) is 12.5 Å². The minimum Gasteiger partial charge on any atom is -0.369 e. The van der Waals surface area contributed by atoms with Crippen LogP contribution in [0.1, 0.15) is 17.2 Å². The van der Waals surface area contributed by atoms with E-state index in [1.54, 1.807) is 0 Å². The van der Waals surface area contributed by atoms with Gasteiger partial charge in [0.05, 0.1) is 12.6 Å². The van der Waals surface area contributed by atoms with Gasteiger partial charge in [-0.1, -0.05) is 51.3 Å². The van der Waals surface area contributed by atoms with Crippen LogP contribution in [0.15, 0.2) is 51.9 Å². The van der Waals surface area contributed by atoms with Crippen molar-refractivity contribution >= 4 is 39.2 Å². The molecular weight excluding hydrogens is 350 g/mol. The number of aliphatic imine (C=N–C) groups is 1. The molecule has 3 rings (SSSR count). The first-order valence-electron chi connectivity index (χ1n) is 6.67. The molecule has 1 atom stereocenters. The zero-order chi connectivity index (χ0) is 15.0. The van der Waals surface area contributed by atoms with Crippen LogP contribution in [0.3, 0.4) is 0 Å². The molecule has 1 unspecified atom stereocenters. The molecule has 1 aliphatic heterocycles. The molecule has 0 saturated heterocycles. The number of nitrogens with two attached hydrogens (primary N) is 1. The average Bonchev–Trinajstić information content (AvgIpc) is 2.82. The molecule has 0 saturated carbocycles. The summed E-state index contributed by atoms with van der Waals surface area (Å²) in [4.78, 5) is 6.42. The van der Waals surface area contributed by atoms with Crippen LogP contribution in [0.4, 0.5) is 5.69 Å². The van der Waals surface area contributed by atoms with E-state index in [1.807, 2.05) is 23.1 Å². The lowest BCUT2D eigenvalue weighted by atomic mass is 10.1. The van der Waals surface area contributed by atoms with Crippen LogP contribution in [0, 0.1) is 6.92 Å². The quantitative estimate of drug-likeness (QED) is 0.864. The average molecular weight is 365 g/mol. The summed E-state index contributed by atoms with van der Waals surface area (Å²) in [5.74, 6) is 0.530. The first-order valence-corrected chi connectivity index (χ1v) is 7.84. The number of benzene rings is 2. The SMILES string of the molecule is Cc1ccc(N2C(N)=NCC2c2ccc(Br)cc2Cl)cc1. The van der Waals surface area contributed by atoms with Crippen LogP contribution in [0.5, 0.6) is 0 Å². The lowest BCUT2D eigenvalue weighted by molar-refractivity contribution is 0.768. The van der Waals surface area contributed by atoms with E-state index in [1.165, 1.54) is 5.56 Å². The van der Waals surface area contributed by atoms with Gasteiger partial charge in [0.15, 0.2) is 5.96 Å². The number of nitrogens with zero attached hydrogens (tertiary/aromatic N) is 2. The third-order valence-electron chi connectivity index (χ3n) is 3.62. The Morgan fingerprint density at radius 1 is 1.24 bits per heavy atom. The number of hydrogen-bond donors (Lipinski definition) is 1. The molecule has 0 bridgehead atoms. The number of rotatable bonds is 2. The van der Waals surface area contributed by atoms with Gasteiger partial charge in [-0.2, -0.15) is 0 Å². The molecule has 5 heteroatoms. The van der Waals surface area contributed by atoms with Crippen molar-refractivity contribution in [3.63, 3.8) is 0 Å². The summed E-state index contributed by atoms with van der Waals surface area (Å²) in [5, 5.41) is 0.719. The zero-order valence-electron chi connectivity index (χ0n) is 11.6. The fraction of sp³-hybridized carbons (Fsp3) is 0.188. The van der Waals surface area contributed by atoms with Gasteiger partial charge in [-0.05, 0) is 36.8 Å². The maximum Gasteiger partial charge on any atom is 0.196 e. The highest BCUT2D eigenvalue weighted by atomic mass is 79.9. The summed E-state index contributed by atoms with van der Waals surface area (Å²) in [7, 11) is 0. The molecule has 0 amide bonds. The van der Waals surface area contributed by atoms with Crippen molar-refractivity contribution in [2.24, 2.45) is 10.7 Å². The summed E-state index contributed by atoms with van der Waals surface area (Å²) >= 11 is 9.82. The molecule has 0 spiro atoms. The molecule has 2 aromatic carbocycles. The molecule has 0 fully saturated rings. The van der Waals surface area contributed by atoms with Gasteiger partial charge in [-0.3, -0.25) is 4.99 Å². The molecule has 0 aromatic heterocycles. The maximum atomic E-state index is 6.39. The van der Waals surface area contributed by atoms with E-state index in [0.717, 1.165) is 20.7 Å². The van der Waals surface area contributed by atoms with Crippen molar-refractivity contribution in [1.82, 2.24) is 0 Å². The van der Waals surface area contributed by atoms with Crippen LogP contribution in [0.2, 0.25) is 5.02 Å². The highest BCUT2D eigenvalue weighted by molar-refractivity contribution is 9.10. The summed E-state index contributed by atoms with van der Waals surface area (Å²) in [5.41, 5.74) is 9.36. The molecule has 2 aromatic rings. The molecule has 2 N–H and O–H groups in total. The van der Waals surface area contributed by atoms with Gasteiger partial charge in [0, 0.05) is 15.2 Å². The Kier molecular flexibility index (Phi) is 3.91. The Bertz CT molecular complexity index is 697. The van der Waals surface area contributed by atoms with Crippen molar-refractivity contribution in [3.8, 4) is 0 Å². The topological polar surface area (TPSA) is 41.6 Å². The fourth-order valence-corrected chi connectivity index (χ4v) is 3.32. The second-order valence-electron chi connectivity index (χ2n) is 5.09. The Morgan fingerprint density at radius 2 is 1.95 bits per heavy atom. The predicted octanol–water partition coefficient (Wildman–Crippen LogP) is 4.29. The van der Waals surface area contributed by atoms with Gasteiger partial charge >= 0.3 is 0 Å². The smallest absolute Gasteiger partial charge is 0.196 e. The highest BCUT2D eigenvalue weighted by Crippen LogP contribution is 2.35. The minimum atomic E-state index is 0.0355. The van der Waals surface area contributed by atoms with E-state index in [-0.39, 0.29) is 6.04 Å². The number of aryl methyl sites for hydroxylation is 1. The number of halogens is 2. The second-order valence-corrected chi connectivity index (χ2v) is 6.41. The normalized spacial score (nSPS) is 18.0. The van der Waals surface area contributed by atoms with Crippen LogP contribution in [0.25, 0.3) is 0 Å². The van der Waals surface area contributed by atoms with Crippen LogP contribution >= 0.6 is 27.5 Å². The predicted molar refractivity (Wildman–Crippen MR) is 92.0 cm³/mol. The fourth-order valence-electron chi connectivity index (χ4n) is 2.52. The van der Waals surface area contributed by atoms with Gasteiger partial charge in [0.1, 0.15) is 0 Å². The van der Waals surface area contributed by atoms with Crippen molar-refractivity contribution in [1.29, 1.82) is 0 Å². The van der Waals surface area contributed by atoms with Crippen LogP contribution in [-0.4, -0.2) is 12.5 Å². The Hall–Kier alpha value is -1.52. The number of anilines is 1. The summed E-state index contributed by atoms with van der Waals surface area (Å²) < 4.78 is 0.963. The van der Waals surface area contributed by atoms with E-state index in [2.05, 4.69) is 52.1 Å². The van der Waals surface area contributed by atoms with Crippen LogP contribution < -0.4 is 10.6 Å². The van der Waals surface area contributed by atoms with Gasteiger partial charge in [-0.25, -0.2) is 0 Å². The Balaban J connectivity index is 2.00. The molecule has 21 heavy (non-hydrogen) atoms. The summed E-state index contributed by atoms with van der Waals surface area (Å²) in [6.07, 6.45) is 0. The molecule has 0 radical (unpaired) electrons. The molecular formula is C16H15BrClN3. The van der Waals surface area contributed by atoms with Crippen molar-refractivity contribution in [2.75, 3.05) is 11.4 Å². The van der Waals surface area contributed by atoms with E-state index in [9.17, 15) is 0 Å². The van der Waals surface area contributed by atoms with Gasteiger partial charge in [0.2, 0.25) is 0 Å². The van der Waals surface area contributed by atoms with Crippen molar-refractivity contribution in [2.45, 2.75) is 13.0 Å². The molecule has 1 heterocycles. The standard InChI is InChI=1S/C16H15BrClN3/c1-10-2-5-12(6-3-10)21-15(9-20-16(21)19)13-7-4-11(17)8-14(13)18/h2-8,15H,9H2,1H3,(H2,19,20). The molecule has 0 aliphatic carbocycles. The molecule has 3 nitrogen and oxygen atoms in total. The van der Waals surface area contributed by atoms with Crippen LogP contribution in [-0.2, 0) is 0 Å². The van der Waals surface area contributed by atoms with Gasteiger partial charge in [-0.15, -0.1) is 0 Å². The minimum absolute atomic E-state index is 0.0355. The monoisotopic (exact) mass is 363 g/mol. The molecule has 1 aliphatic rings. The molecule has 108 valence electrons. The van der Waals surface area contributed by atoms with Crippen molar-refractivity contribution in [3.05, 3.63) is 63.1 Å². The Labute approximate surface area is 137 Å². The van der Waals surface area contributed by atoms with E-state index in [4.69, 9.17) is 17.3 Å². The largest absolute Gasteiger partial charge is 0.369 e. The third-order valence-corrected chi connectivity index (χ3v) is 4.44. The third kappa shape index (κ3) is 2.78. The first kappa shape index (κ1) is 14.4. The zero-order valence-corrected chi connectivity index (χ0v) is 13.9. The van der Waals surface area contributed by atoms with E-state index >= 15 is 0 Å². The first-order chi connectivity index (χ1) is 10.1. The van der Waals surface area contributed by atoms with Gasteiger partial charge < -0.3 is 10.6 Å². The summed E-state index contributed by atoms with van der Waals surface area (Å²) in [6, 6.07) is 14.2. The number of hydrogen-bond acceptors (Lipinski definition) is 3. The van der Waals surface area contributed by atoms with Gasteiger partial charge in [0.25, 0.3) is 0 Å². The second kappa shape index (κ2) is 5.70. The summed E-state index contributed by atoms with van der Waals surface area (Å²) in [6.45, 7) is 2.68. The number of guanidine groups is 1. The highest BCUT2D eigenvalue weighted by Gasteiger charge is 2.30. The maximum absolute atomic E-state index is 6.39. The van der Waals surface area contributed by atoms with E-state index < -0.39 is 0 Å².